The maximum Gasteiger partial charge on any atom is 0.0468 e. The first-order valence-corrected chi connectivity index (χ1v) is 6.11. The minimum atomic E-state index is 0.375. The highest BCUT2D eigenvalue weighted by atomic mass is 16.3. The zero-order valence-electron chi connectivity index (χ0n) is 9.76. The molecule has 1 saturated carbocycles. The summed E-state index contributed by atoms with van der Waals surface area (Å²) in [5.41, 5.74) is 1.80. The van der Waals surface area contributed by atoms with Gasteiger partial charge in [-0.1, -0.05) is 37.3 Å². The fraction of sp³-hybridized carbons (Fsp3) is 0.571. The van der Waals surface area contributed by atoms with E-state index in [4.69, 9.17) is 0 Å². The number of hydrogen-bond acceptors (Lipinski definition) is 2. The minimum absolute atomic E-state index is 0.375. The average molecular weight is 217 g/mol. The molecule has 0 amide bonds. The van der Waals surface area contributed by atoms with Crippen LogP contribution < -0.4 is 0 Å². The first-order valence-electron chi connectivity index (χ1n) is 6.11. The van der Waals surface area contributed by atoms with Crippen molar-refractivity contribution in [3.63, 3.8) is 0 Å². The van der Waals surface area contributed by atoms with Crippen LogP contribution in [0.15, 0.2) is 30.3 Å². The molecule has 1 heterocycles. The Morgan fingerprint density at radius 2 is 2.12 bits per heavy atom. The van der Waals surface area contributed by atoms with Gasteiger partial charge in [0.25, 0.3) is 0 Å². The third kappa shape index (κ3) is 1.48. The van der Waals surface area contributed by atoms with E-state index in [0.717, 1.165) is 25.6 Å². The van der Waals surface area contributed by atoms with Crippen LogP contribution in [0.3, 0.4) is 0 Å². The van der Waals surface area contributed by atoms with Gasteiger partial charge in [0.2, 0.25) is 0 Å². The van der Waals surface area contributed by atoms with Gasteiger partial charge in [-0.2, -0.15) is 0 Å². The van der Waals surface area contributed by atoms with Crippen LogP contribution >= 0.6 is 0 Å². The van der Waals surface area contributed by atoms with Gasteiger partial charge in [0, 0.05) is 26.2 Å². The van der Waals surface area contributed by atoms with Gasteiger partial charge in [0.05, 0.1) is 0 Å². The second-order valence-electron chi connectivity index (χ2n) is 5.56. The van der Waals surface area contributed by atoms with E-state index in [-0.39, 0.29) is 0 Å². The van der Waals surface area contributed by atoms with E-state index < -0.39 is 0 Å². The Morgan fingerprint density at radius 1 is 1.38 bits per heavy atom. The molecule has 1 aromatic rings. The summed E-state index contributed by atoms with van der Waals surface area (Å²) < 4.78 is 0. The summed E-state index contributed by atoms with van der Waals surface area (Å²) in [5.74, 6) is 1.31. The number of likely N-dealkylation sites (tertiary alicyclic amines) is 1. The molecule has 2 nitrogen and oxygen atoms in total. The fourth-order valence-electron chi connectivity index (χ4n) is 3.46. The molecule has 0 radical (unpaired) electrons. The van der Waals surface area contributed by atoms with Gasteiger partial charge >= 0.3 is 0 Å². The third-order valence-electron chi connectivity index (χ3n) is 4.54. The van der Waals surface area contributed by atoms with Gasteiger partial charge in [-0.3, -0.25) is 4.90 Å². The second-order valence-corrected chi connectivity index (χ2v) is 5.56. The molecule has 2 aliphatic rings. The number of aliphatic hydroxyl groups is 1. The van der Waals surface area contributed by atoms with Crippen molar-refractivity contribution in [3.8, 4) is 0 Å². The Bertz CT molecular complexity index is 378. The topological polar surface area (TPSA) is 23.5 Å². The standard InChI is InChI=1S/C14H19NO/c1-14-10-15(8-12(14)13(14)9-16)7-11-5-3-2-4-6-11/h2-6,12-13,16H,7-10H2,1H3/t12-,13+,14-/m1/s1. The molecule has 1 saturated heterocycles. The molecule has 0 aromatic heterocycles. The lowest BCUT2D eigenvalue weighted by Gasteiger charge is -2.21. The molecule has 3 atom stereocenters. The minimum Gasteiger partial charge on any atom is -0.396 e. The van der Waals surface area contributed by atoms with Crippen molar-refractivity contribution >= 4 is 0 Å². The summed E-state index contributed by atoms with van der Waals surface area (Å²) >= 11 is 0. The molecule has 1 N–H and O–H groups in total. The highest BCUT2D eigenvalue weighted by Crippen LogP contribution is 2.62. The van der Waals surface area contributed by atoms with Crippen LogP contribution in [0.25, 0.3) is 0 Å². The van der Waals surface area contributed by atoms with Gasteiger partial charge in [0.1, 0.15) is 0 Å². The summed E-state index contributed by atoms with van der Waals surface area (Å²) in [6.45, 7) is 6.07. The van der Waals surface area contributed by atoms with Crippen molar-refractivity contribution in [2.45, 2.75) is 13.5 Å². The van der Waals surface area contributed by atoms with E-state index >= 15 is 0 Å². The van der Waals surface area contributed by atoms with Gasteiger partial charge in [0.15, 0.2) is 0 Å². The molecule has 0 spiro atoms. The zero-order valence-corrected chi connectivity index (χ0v) is 9.76. The molecule has 0 unspecified atom stereocenters. The van der Waals surface area contributed by atoms with Crippen LogP contribution in [0.2, 0.25) is 0 Å². The van der Waals surface area contributed by atoms with Gasteiger partial charge in [-0.05, 0) is 22.8 Å². The van der Waals surface area contributed by atoms with E-state index in [1.165, 1.54) is 5.56 Å². The Balaban J connectivity index is 1.62. The Kier molecular flexibility index (Phi) is 2.30. The Labute approximate surface area is 96.9 Å². The first-order chi connectivity index (χ1) is 7.74. The molecule has 1 aliphatic heterocycles. The van der Waals surface area contributed by atoms with Crippen LogP contribution in [0.4, 0.5) is 0 Å². The molecule has 1 aromatic carbocycles. The maximum absolute atomic E-state index is 9.23. The molecule has 2 heteroatoms. The predicted molar refractivity (Wildman–Crippen MR) is 63.9 cm³/mol. The highest BCUT2D eigenvalue weighted by Gasteiger charge is 2.64. The lowest BCUT2D eigenvalue weighted by molar-refractivity contribution is 0.197. The average Bonchev–Trinajstić information content (AvgIpc) is 2.67. The van der Waals surface area contributed by atoms with Crippen molar-refractivity contribution in [2.24, 2.45) is 17.3 Å². The van der Waals surface area contributed by atoms with Crippen molar-refractivity contribution < 1.29 is 5.11 Å². The molecule has 1 aliphatic carbocycles. The number of piperidine rings is 1. The molecule has 3 rings (SSSR count). The second kappa shape index (κ2) is 3.57. The molecule has 2 fully saturated rings. The molecule has 0 bridgehead atoms. The van der Waals surface area contributed by atoms with Crippen LogP contribution in [0.5, 0.6) is 0 Å². The van der Waals surface area contributed by atoms with Crippen LogP contribution in [-0.2, 0) is 6.54 Å². The number of nitrogens with zero attached hydrogens (tertiary/aromatic N) is 1. The van der Waals surface area contributed by atoms with Crippen molar-refractivity contribution in [1.82, 2.24) is 4.90 Å². The van der Waals surface area contributed by atoms with E-state index in [9.17, 15) is 5.11 Å². The largest absolute Gasteiger partial charge is 0.396 e. The van der Waals surface area contributed by atoms with E-state index in [1.54, 1.807) is 0 Å². The number of fused-ring (bicyclic) bond motifs is 1. The zero-order chi connectivity index (χ0) is 11.2. The SMILES string of the molecule is C[C@@]12CN(Cc3ccccc3)C[C@@H]1[C@@H]2CO. The molecular formula is C14H19NO. The quantitative estimate of drug-likeness (QED) is 0.833. The van der Waals surface area contributed by atoms with Crippen LogP contribution in [0, 0.1) is 17.3 Å². The maximum atomic E-state index is 9.23. The lowest BCUT2D eigenvalue weighted by Crippen LogP contribution is -2.27. The first kappa shape index (κ1) is 10.3. The molecular weight excluding hydrogens is 198 g/mol. The lowest BCUT2D eigenvalue weighted by atomic mass is 10.1. The van der Waals surface area contributed by atoms with Gasteiger partial charge in [-0.25, -0.2) is 0 Å². The normalized spacial score (nSPS) is 37.4. The molecule has 86 valence electrons. The fourth-order valence-corrected chi connectivity index (χ4v) is 3.46. The number of benzene rings is 1. The van der Waals surface area contributed by atoms with E-state index in [0.29, 0.717) is 17.9 Å². The summed E-state index contributed by atoms with van der Waals surface area (Å²) in [7, 11) is 0. The number of rotatable bonds is 3. The van der Waals surface area contributed by atoms with Crippen molar-refractivity contribution in [1.29, 1.82) is 0 Å². The van der Waals surface area contributed by atoms with Crippen molar-refractivity contribution in [2.75, 3.05) is 19.7 Å². The molecule has 16 heavy (non-hydrogen) atoms. The Hall–Kier alpha value is -0.860. The summed E-state index contributed by atoms with van der Waals surface area (Å²) in [6.07, 6.45) is 0. The Morgan fingerprint density at radius 3 is 2.69 bits per heavy atom. The van der Waals surface area contributed by atoms with Crippen LogP contribution in [0.1, 0.15) is 12.5 Å². The van der Waals surface area contributed by atoms with Crippen LogP contribution in [-0.4, -0.2) is 29.7 Å². The summed E-state index contributed by atoms with van der Waals surface area (Å²) in [6, 6.07) is 10.6. The van der Waals surface area contributed by atoms with Crippen molar-refractivity contribution in [3.05, 3.63) is 35.9 Å². The smallest absolute Gasteiger partial charge is 0.0468 e. The third-order valence-corrected chi connectivity index (χ3v) is 4.54. The number of aliphatic hydroxyl groups excluding tert-OH is 1. The van der Waals surface area contributed by atoms with Gasteiger partial charge in [-0.15, -0.1) is 0 Å². The van der Waals surface area contributed by atoms with Gasteiger partial charge < -0.3 is 5.11 Å². The van der Waals surface area contributed by atoms with E-state index in [2.05, 4.69) is 42.2 Å². The highest BCUT2D eigenvalue weighted by molar-refractivity contribution is 5.18. The predicted octanol–water partition coefficient (Wildman–Crippen LogP) is 1.75. The number of hydrogen-bond donors (Lipinski definition) is 1. The van der Waals surface area contributed by atoms with E-state index in [1.807, 2.05) is 0 Å². The monoisotopic (exact) mass is 217 g/mol. The summed E-state index contributed by atoms with van der Waals surface area (Å²) in [5, 5.41) is 9.23. The summed E-state index contributed by atoms with van der Waals surface area (Å²) in [4.78, 5) is 2.52.